The molecule has 332 valence electrons. The summed E-state index contributed by atoms with van der Waals surface area (Å²) in [5, 5.41) is 1.28. The van der Waals surface area contributed by atoms with E-state index in [2.05, 4.69) is 16.7 Å². The summed E-state index contributed by atoms with van der Waals surface area (Å²) >= 11 is 0. The number of hydrogen-bond acceptors (Lipinski definition) is 2. The van der Waals surface area contributed by atoms with Crippen LogP contribution in [0.5, 0.6) is 0 Å². The van der Waals surface area contributed by atoms with Crippen molar-refractivity contribution in [1.82, 2.24) is 9.80 Å². The van der Waals surface area contributed by atoms with Crippen molar-refractivity contribution in [3.63, 3.8) is 0 Å². The minimum absolute atomic E-state index is 0. The average Bonchev–Trinajstić information content (AvgIpc) is 3.90. The molecule has 0 N–H and O–H groups in total. The molecule has 0 aliphatic heterocycles. The van der Waals surface area contributed by atoms with Gasteiger partial charge in [-0.3, -0.25) is 0 Å². The maximum absolute atomic E-state index is 13.2. The van der Waals surface area contributed by atoms with Gasteiger partial charge < -0.3 is 9.80 Å². The van der Waals surface area contributed by atoms with Crippen LogP contribution in [0.2, 0.25) is 0 Å². The number of likely N-dealkylation sites (N-methyl/N-ethyl adjacent to an activating group) is 2. The van der Waals surface area contributed by atoms with E-state index >= 15 is 0 Å². The molecule has 0 bridgehead atoms. The molecule has 10 radical (unpaired) electrons. The number of halogens is 12. The van der Waals surface area contributed by atoms with Crippen LogP contribution in [0.1, 0.15) is 46.2 Å². The van der Waals surface area contributed by atoms with Crippen molar-refractivity contribution in [3.05, 3.63) is 193 Å². The molecule has 0 aromatic heterocycles. The van der Waals surface area contributed by atoms with E-state index in [0.717, 1.165) is 79.1 Å². The second kappa shape index (κ2) is 21.3. The van der Waals surface area contributed by atoms with Gasteiger partial charge in [-0.1, -0.05) is 48.5 Å². The van der Waals surface area contributed by atoms with E-state index in [4.69, 9.17) is 0 Å². The fourth-order valence-electron chi connectivity index (χ4n) is 6.68. The van der Waals surface area contributed by atoms with E-state index in [1.165, 1.54) is 48.5 Å². The van der Waals surface area contributed by atoms with Gasteiger partial charge in [-0.05, 0) is 157 Å². The molecule has 2 saturated carbocycles. The predicted octanol–water partition coefficient (Wildman–Crippen LogP) is 12.0. The van der Waals surface area contributed by atoms with Gasteiger partial charge >= 0.3 is 24.7 Å². The monoisotopic (exact) mass is 936 g/mol. The molecule has 2 aliphatic rings. The number of hydrogen-bond donors (Lipinski definition) is 0. The van der Waals surface area contributed by atoms with E-state index < -0.39 is 60.8 Å². The third-order valence-electron chi connectivity index (χ3n) is 10.1. The summed E-state index contributed by atoms with van der Waals surface area (Å²) in [4.78, 5) is 4.26. The molecule has 0 unspecified atom stereocenters. The van der Waals surface area contributed by atoms with E-state index in [9.17, 15) is 52.7 Å². The molecule has 0 amide bonds. The molecule has 62 heavy (non-hydrogen) atoms. The molecular weight excluding hydrogens is 895 g/mol. The van der Waals surface area contributed by atoms with Crippen LogP contribution in [0.15, 0.2) is 97.1 Å². The van der Waals surface area contributed by atoms with Crippen molar-refractivity contribution < 1.29 is 69.8 Å². The van der Waals surface area contributed by atoms with Crippen LogP contribution in [-0.4, -0.2) is 50.1 Å². The maximum Gasteiger partial charge on any atom is 0.416 e. The zero-order chi connectivity index (χ0) is 44.9. The second-order valence-corrected chi connectivity index (χ2v) is 16.8. The van der Waals surface area contributed by atoms with Gasteiger partial charge in [0.15, 0.2) is 0 Å². The van der Waals surface area contributed by atoms with Crippen LogP contribution in [0.25, 0.3) is 0 Å². The molecule has 1 atom stereocenters. The Morgan fingerprint density at radius 1 is 0.468 bits per heavy atom. The maximum atomic E-state index is 13.2. The molecule has 0 saturated heterocycles. The van der Waals surface area contributed by atoms with Gasteiger partial charge in [-0.2, -0.15) is 52.7 Å². The van der Waals surface area contributed by atoms with E-state index in [1.54, 1.807) is 25.7 Å². The van der Waals surface area contributed by atoms with E-state index in [-0.39, 0.29) is 23.1 Å². The molecule has 2 aliphatic carbocycles. The molecule has 2 nitrogen and oxygen atoms in total. The number of rotatable bonds is 11. The molecular formula is C46H41F12FeN2P. The summed E-state index contributed by atoms with van der Waals surface area (Å²) < 4.78 is 156. The van der Waals surface area contributed by atoms with Crippen LogP contribution in [0, 0.1) is 62.4 Å². The Labute approximate surface area is 367 Å². The Balaban J connectivity index is 0.000000279. The third-order valence-corrected chi connectivity index (χ3v) is 12.7. The van der Waals surface area contributed by atoms with Crippen molar-refractivity contribution in [3.8, 4) is 0 Å². The number of nitrogens with zero attached hydrogens (tertiary/aromatic N) is 2. The fourth-order valence-corrected chi connectivity index (χ4v) is 9.19. The quantitative estimate of drug-likeness (QED) is 0.0840. The Kier molecular flexibility index (Phi) is 17.7. The smallest absolute Gasteiger partial charge is 0.308 e. The second-order valence-electron chi connectivity index (χ2n) is 14.6. The molecule has 2 fully saturated rings. The third kappa shape index (κ3) is 13.5. The minimum atomic E-state index is -4.47. The Bertz CT molecular complexity index is 1840. The first kappa shape index (κ1) is 51.5. The van der Waals surface area contributed by atoms with Crippen LogP contribution < -0.4 is 10.6 Å². The largest absolute Gasteiger partial charge is 0.416 e. The normalized spacial score (nSPS) is 16.6. The van der Waals surface area contributed by atoms with Crippen LogP contribution in [0.3, 0.4) is 0 Å². The van der Waals surface area contributed by atoms with Gasteiger partial charge in [0, 0.05) is 53.7 Å². The number of benzene rings is 4. The van der Waals surface area contributed by atoms with Crippen LogP contribution >= 0.6 is 7.92 Å². The van der Waals surface area contributed by atoms with Crippen molar-refractivity contribution in [2.45, 2.75) is 43.6 Å². The molecule has 0 heterocycles. The first-order valence-corrected chi connectivity index (χ1v) is 20.1. The Morgan fingerprint density at radius 2 is 0.823 bits per heavy atom. The molecule has 4 aromatic carbocycles. The van der Waals surface area contributed by atoms with Crippen molar-refractivity contribution >= 4 is 18.5 Å². The predicted molar refractivity (Wildman–Crippen MR) is 214 cm³/mol. The van der Waals surface area contributed by atoms with Crippen molar-refractivity contribution in [2.75, 3.05) is 34.2 Å². The fraction of sp³-hybridized carbons (Fsp3) is 0.261. The summed E-state index contributed by atoms with van der Waals surface area (Å²) in [5.74, 6) is 1.36. The standard InChI is InChI=1S/C26H28F6N2P.C20H13F6.Fe/c1-18(34(4)17-16-33(2)3)23-6-5-7-24(23)35(21-12-8-19(9-13-21)25(27,28)29)22-14-10-20(11-15-22)26(30,31)32;21-19(22,23)16-9-5-14(6-10-16)18(13-3-1-2-4-13)15-7-11-17(12-8-15)20(24,25)26;/h5-15,18H,16-17H2,1-4H3;1-12,18H;/t18-;;/m1../s1. The van der Waals surface area contributed by atoms with Crippen LogP contribution in [-0.2, 0) is 41.8 Å². The molecule has 0 spiro atoms. The SMILES string of the molecule is C[C@H]([C]1[CH][CH][CH][C]1P(c1ccc(C(F)(F)F)cc1)c1ccc(C(F)(F)F)cc1)N(C)CCN(C)C.FC(F)(F)c1ccc(C([C]2[CH][CH][CH][CH]2)c2ccc(C(F)(F)F)cc2)cc1.[Fe]. The van der Waals surface area contributed by atoms with Gasteiger partial charge in [-0.15, -0.1) is 0 Å². The average molecular weight is 937 g/mol. The Morgan fingerprint density at radius 3 is 1.16 bits per heavy atom. The van der Waals surface area contributed by atoms with Gasteiger partial charge in [-0.25, -0.2) is 0 Å². The summed E-state index contributed by atoms with van der Waals surface area (Å²) in [6, 6.07) is 19.2. The van der Waals surface area contributed by atoms with Gasteiger partial charge in [0.05, 0.1) is 22.3 Å². The first-order chi connectivity index (χ1) is 28.4. The topological polar surface area (TPSA) is 6.48 Å². The zero-order valence-corrected chi connectivity index (χ0v) is 35.6. The van der Waals surface area contributed by atoms with Gasteiger partial charge in [0.2, 0.25) is 0 Å². The Hall–Kier alpha value is -3.09. The molecule has 16 heteroatoms. The summed E-state index contributed by atoms with van der Waals surface area (Å²) in [5.41, 5.74) is -0.993. The summed E-state index contributed by atoms with van der Waals surface area (Å²) in [6.45, 7) is 3.71. The molecule has 4 aromatic rings. The number of alkyl halides is 12. The first-order valence-electron chi connectivity index (χ1n) is 18.8. The van der Waals surface area contributed by atoms with Crippen molar-refractivity contribution in [1.29, 1.82) is 0 Å². The summed E-state index contributed by atoms with van der Waals surface area (Å²) in [6.07, 6.45) is -4.89. The van der Waals surface area contributed by atoms with Gasteiger partial charge in [0.1, 0.15) is 0 Å². The van der Waals surface area contributed by atoms with Crippen molar-refractivity contribution in [2.24, 2.45) is 0 Å². The minimum Gasteiger partial charge on any atom is -0.308 e. The molecule has 6 rings (SSSR count). The van der Waals surface area contributed by atoms with Gasteiger partial charge in [0.25, 0.3) is 0 Å². The van der Waals surface area contributed by atoms with E-state index in [0.29, 0.717) is 21.7 Å². The van der Waals surface area contributed by atoms with E-state index in [1.807, 2.05) is 40.4 Å². The summed E-state index contributed by atoms with van der Waals surface area (Å²) in [7, 11) is 4.60. The zero-order valence-electron chi connectivity index (χ0n) is 33.6. The van der Waals surface area contributed by atoms with Crippen LogP contribution in [0.4, 0.5) is 52.7 Å².